The first kappa shape index (κ1) is 23.8. The van der Waals surface area contributed by atoms with Crippen LogP contribution in [-0.2, 0) is 14.3 Å². The lowest BCUT2D eigenvalue weighted by molar-refractivity contribution is -0.142. The summed E-state index contributed by atoms with van der Waals surface area (Å²) in [5, 5.41) is 3.40. The number of likely N-dealkylation sites (tertiary alicyclic amines) is 1. The first-order valence-corrected chi connectivity index (χ1v) is 11.9. The van der Waals surface area contributed by atoms with Crippen molar-refractivity contribution in [3.05, 3.63) is 0 Å². The predicted molar refractivity (Wildman–Crippen MR) is 121 cm³/mol. The Hall–Kier alpha value is -1.87. The van der Waals surface area contributed by atoms with Gasteiger partial charge in [0.1, 0.15) is 6.10 Å². The highest BCUT2D eigenvalue weighted by atomic mass is 16.5. The van der Waals surface area contributed by atoms with E-state index in [0.29, 0.717) is 19.7 Å². The molecule has 2 unspecified atom stereocenters. The van der Waals surface area contributed by atoms with E-state index in [-0.39, 0.29) is 24.0 Å². The largest absolute Gasteiger partial charge is 0.368 e. The van der Waals surface area contributed by atoms with Crippen LogP contribution in [0, 0.1) is 0 Å². The fraction of sp³-hybridized carbons (Fsp3) is 0.864. The number of nitrogens with zero attached hydrogens (tertiary/aromatic N) is 5. The van der Waals surface area contributed by atoms with Crippen LogP contribution in [0.1, 0.15) is 39.0 Å². The summed E-state index contributed by atoms with van der Waals surface area (Å²) in [7, 11) is 3.67. The van der Waals surface area contributed by atoms with Crippen LogP contribution in [0.15, 0.2) is 4.99 Å². The molecule has 3 saturated heterocycles. The number of carbonyl (C=O) groups excluding carboxylic acids is 2. The molecule has 176 valence electrons. The number of hydrogen-bond acceptors (Lipinski definition) is 5. The summed E-state index contributed by atoms with van der Waals surface area (Å²) >= 11 is 0. The van der Waals surface area contributed by atoms with Gasteiger partial charge >= 0.3 is 0 Å². The maximum Gasteiger partial charge on any atom is 0.251 e. The first-order chi connectivity index (χ1) is 15.0. The fourth-order valence-corrected chi connectivity index (χ4v) is 4.67. The van der Waals surface area contributed by atoms with Crippen molar-refractivity contribution in [3.8, 4) is 0 Å². The van der Waals surface area contributed by atoms with Gasteiger partial charge in [0.15, 0.2) is 5.96 Å². The van der Waals surface area contributed by atoms with Gasteiger partial charge in [0.05, 0.1) is 6.04 Å². The molecule has 0 aliphatic carbocycles. The second-order valence-electron chi connectivity index (χ2n) is 8.83. The van der Waals surface area contributed by atoms with Gasteiger partial charge in [-0.3, -0.25) is 19.5 Å². The molecule has 31 heavy (non-hydrogen) atoms. The van der Waals surface area contributed by atoms with Gasteiger partial charge in [-0.05, 0) is 45.6 Å². The molecular formula is C22H40N6O3. The van der Waals surface area contributed by atoms with E-state index in [2.05, 4.69) is 22.0 Å². The van der Waals surface area contributed by atoms with E-state index >= 15 is 0 Å². The van der Waals surface area contributed by atoms with Crippen LogP contribution in [0.4, 0.5) is 0 Å². The molecule has 2 atom stereocenters. The Labute approximate surface area is 186 Å². The number of nitrogens with one attached hydrogen (secondary N) is 1. The smallest absolute Gasteiger partial charge is 0.251 e. The van der Waals surface area contributed by atoms with Crippen LogP contribution >= 0.6 is 0 Å². The lowest BCUT2D eigenvalue weighted by atomic mass is 10.2. The minimum absolute atomic E-state index is 0.0293. The summed E-state index contributed by atoms with van der Waals surface area (Å²) < 4.78 is 5.56. The molecule has 0 aromatic carbocycles. The maximum atomic E-state index is 12.6. The minimum atomic E-state index is -0.234. The van der Waals surface area contributed by atoms with Gasteiger partial charge in [0.25, 0.3) is 5.91 Å². The lowest BCUT2D eigenvalue weighted by Crippen LogP contribution is -2.55. The van der Waals surface area contributed by atoms with Crippen molar-refractivity contribution >= 4 is 17.8 Å². The summed E-state index contributed by atoms with van der Waals surface area (Å²) in [4.78, 5) is 37.9. The van der Waals surface area contributed by atoms with Gasteiger partial charge in [-0.25, -0.2) is 0 Å². The third kappa shape index (κ3) is 6.32. The second-order valence-corrected chi connectivity index (χ2v) is 8.83. The van der Waals surface area contributed by atoms with Gasteiger partial charge in [0.2, 0.25) is 5.91 Å². The number of hydrogen-bond donors (Lipinski definition) is 1. The highest BCUT2D eigenvalue weighted by Gasteiger charge is 2.32. The third-order valence-corrected chi connectivity index (χ3v) is 6.39. The van der Waals surface area contributed by atoms with Crippen LogP contribution in [-0.4, -0.2) is 123 Å². The molecule has 9 heteroatoms. The first-order valence-electron chi connectivity index (χ1n) is 11.9. The van der Waals surface area contributed by atoms with Gasteiger partial charge in [-0.2, -0.15) is 0 Å². The molecular weight excluding hydrogens is 396 g/mol. The van der Waals surface area contributed by atoms with E-state index in [0.717, 1.165) is 77.3 Å². The van der Waals surface area contributed by atoms with Crippen LogP contribution in [0.25, 0.3) is 0 Å². The Balaban J connectivity index is 1.45. The van der Waals surface area contributed by atoms with E-state index in [1.165, 1.54) is 0 Å². The Kier molecular flexibility index (Phi) is 8.95. The van der Waals surface area contributed by atoms with Gasteiger partial charge in [0, 0.05) is 66.5 Å². The average Bonchev–Trinajstić information content (AvgIpc) is 3.47. The topological polar surface area (TPSA) is 80.7 Å². The number of aliphatic imine (C=N–C) groups is 1. The van der Waals surface area contributed by atoms with E-state index in [1.807, 2.05) is 19.0 Å². The zero-order chi connectivity index (χ0) is 22.2. The van der Waals surface area contributed by atoms with Crippen LogP contribution < -0.4 is 5.32 Å². The summed E-state index contributed by atoms with van der Waals surface area (Å²) in [6.07, 6.45) is 4.57. The molecule has 0 radical (unpaired) electrons. The van der Waals surface area contributed by atoms with Crippen molar-refractivity contribution in [1.82, 2.24) is 24.9 Å². The SMILES string of the molecule is CCNC(=NCCCN1CCCC1C(=O)N(C)C)N1CCN(C(=O)C2CCCO2)CC1. The molecule has 3 aliphatic heterocycles. The van der Waals surface area contributed by atoms with Crippen molar-refractivity contribution in [2.75, 3.05) is 73.1 Å². The van der Waals surface area contributed by atoms with Crippen molar-refractivity contribution < 1.29 is 14.3 Å². The van der Waals surface area contributed by atoms with Crippen molar-refractivity contribution in [2.24, 2.45) is 4.99 Å². The molecule has 2 amide bonds. The molecule has 0 aromatic rings. The standard InChI is InChI=1S/C22H40N6O3/c1-4-23-22(24-10-7-12-26-11-5-8-18(26)20(29)25(2)3)28-15-13-27(14-16-28)21(30)19-9-6-17-31-19/h18-19H,4-17H2,1-3H3,(H,23,24). The normalized spacial score (nSPS) is 25.2. The van der Waals surface area contributed by atoms with Crippen LogP contribution in [0.2, 0.25) is 0 Å². The Morgan fingerprint density at radius 2 is 1.81 bits per heavy atom. The molecule has 0 bridgehead atoms. The molecule has 0 saturated carbocycles. The Morgan fingerprint density at radius 3 is 2.45 bits per heavy atom. The molecule has 0 aromatic heterocycles. The number of guanidine groups is 1. The summed E-state index contributed by atoms with van der Waals surface area (Å²) in [6, 6.07) is 0.0293. The number of piperazine rings is 1. The Bertz CT molecular complexity index is 627. The number of ether oxygens (including phenoxy) is 1. The molecule has 9 nitrogen and oxygen atoms in total. The average molecular weight is 437 g/mol. The molecule has 3 fully saturated rings. The maximum absolute atomic E-state index is 12.6. The third-order valence-electron chi connectivity index (χ3n) is 6.39. The monoisotopic (exact) mass is 436 g/mol. The summed E-state index contributed by atoms with van der Waals surface area (Å²) in [5.41, 5.74) is 0. The lowest BCUT2D eigenvalue weighted by Gasteiger charge is -2.37. The number of carbonyl (C=O) groups is 2. The van der Waals surface area contributed by atoms with Crippen LogP contribution in [0.3, 0.4) is 0 Å². The highest BCUT2D eigenvalue weighted by molar-refractivity contribution is 5.83. The Morgan fingerprint density at radius 1 is 1.06 bits per heavy atom. The fourth-order valence-electron chi connectivity index (χ4n) is 4.67. The molecule has 1 N–H and O–H groups in total. The summed E-state index contributed by atoms with van der Waals surface area (Å²) in [5.74, 6) is 1.28. The molecule has 0 spiro atoms. The highest BCUT2D eigenvalue weighted by Crippen LogP contribution is 2.19. The van der Waals surface area contributed by atoms with Crippen molar-refractivity contribution in [2.45, 2.75) is 51.2 Å². The van der Waals surface area contributed by atoms with E-state index in [9.17, 15) is 9.59 Å². The van der Waals surface area contributed by atoms with Gasteiger partial charge in [-0.15, -0.1) is 0 Å². The van der Waals surface area contributed by atoms with Crippen molar-refractivity contribution in [3.63, 3.8) is 0 Å². The molecule has 3 heterocycles. The van der Waals surface area contributed by atoms with E-state index < -0.39 is 0 Å². The minimum Gasteiger partial charge on any atom is -0.368 e. The van der Waals surface area contributed by atoms with Gasteiger partial charge < -0.3 is 24.8 Å². The number of amides is 2. The zero-order valence-corrected chi connectivity index (χ0v) is 19.5. The van der Waals surface area contributed by atoms with Crippen molar-refractivity contribution in [1.29, 1.82) is 0 Å². The molecule has 3 aliphatic rings. The number of rotatable bonds is 7. The summed E-state index contributed by atoms with van der Waals surface area (Å²) in [6.45, 7) is 9.23. The molecule has 3 rings (SSSR count). The van der Waals surface area contributed by atoms with E-state index in [1.54, 1.807) is 4.90 Å². The zero-order valence-electron chi connectivity index (χ0n) is 19.5. The van der Waals surface area contributed by atoms with Crippen LogP contribution in [0.5, 0.6) is 0 Å². The predicted octanol–water partition coefficient (Wildman–Crippen LogP) is 0.218. The van der Waals surface area contributed by atoms with E-state index in [4.69, 9.17) is 9.73 Å². The van der Waals surface area contributed by atoms with Gasteiger partial charge in [-0.1, -0.05) is 0 Å². The number of likely N-dealkylation sites (N-methyl/N-ethyl adjacent to an activating group) is 1. The second kappa shape index (κ2) is 11.7. The quantitative estimate of drug-likeness (QED) is 0.349.